The van der Waals surface area contributed by atoms with Gasteiger partial charge >= 0.3 is 0 Å². The number of carbonyl (C=O) groups excluding carboxylic acids is 1. The van der Waals surface area contributed by atoms with Crippen LogP contribution in [-0.2, 0) is 6.61 Å². The van der Waals surface area contributed by atoms with Gasteiger partial charge in [-0.25, -0.2) is 0 Å². The Morgan fingerprint density at radius 2 is 1.89 bits per heavy atom. The predicted octanol–water partition coefficient (Wildman–Crippen LogP) is 4.37. The zero-order valence-electron chi connectivity index (χ0n) is 16.5. The van der Waals surface area contributed by atoms with Gasteiger partial charge in [0.2, 0.25) is 0 Å². The number of amides is 1. The smallest absolute Gasteiger partial charge is 0.251 e. The molecule has 0 fully saturated rings. The number of benzene rings is 2. The van der Waals surface area contributed by atoms with Crippen molar-refractivity contribution in [2.75, 3.05) is 7.11 Å². The third-order valence-corrected chi connectivity index (χ3v) is 4.62. The van der Waals surface area contributed by atoms with Crippen molar-refractivity contribution in [1.82, 2.24) is 10.5 Å². The summed E-state index contributed by atoms with van der Waals surface area (Å²) in [5, 5.41) is 6.92. The first kappa shape index (κ1) is 19.5. The van der Waals surface area contributed by atoms with Crippen LogP contribution in [0.3, 0.4) is 0 Å². The van der Waals surface area contributed by atoms with E-state index < -0.39 is 0 Å². The van der Waals surface area contributed by atoms with E-state index in [-0.39, 0.29) is 11.9 Å². The van der Waals surface area contributed by atoms with Crippen LogP contribution < -0.4 is 14.8 Å². The quantitative estimate of drug-likeness (QED) is 0.659. The number of hydrogen-bond acceptors (Lipinski definition) is 5. The minimum absolute atomic E-state index is 0.134. The van der Waals surface area contributed by atoms with Gasteiger partial charge in [0.15, 0.2) is 0 Å². The van der Waals surface area contributed by atoms with E-state index in [1.165, 1.54) is 0 Å². The number of nitrogens with one attached hydrogen (secondary N) is 1. The Morgan fingerprint density at radius 3 is 2.54 bits per heavy atom. The molecule has 1 aromatic heterocycles. The number of carbonyl (C=O) groups is 1. The molecular formula is C22H24N2O4. The lowest BCUT2D eigenvalue weighted by Crippen LogP contribution is -2.26. The predicted molar refractivity (Wildman–Crippen MR) is 106 cm³/mol. The molecule has 0 aliphatic rings. The average molecular weight is 380 g/mol. The molecule has 146 valence electrons. The molecule has 0 unspecified atom stereocenters. The lowest BCUT2D eigenvalue weighted by atomic mass is 10.1. The van der Waals surface area contributed by atoms with Crippen LogP contribution in [0.15, 0.2) is 53.1 Å². The van der Waals surface area contributed by atoms with Crippen molar-refractivity contribution in [2.24, 2.45) is 0 Å². The Labute approximate surface area is 164 Å². The normalized spacial score (nSPS) is 11.7. The Kier molecular flexibility index (Phi) is 5.99. The van der Waals surface area contributed by atoms with Gasteiger partial charge < -0.3 is 19.3 Å². The first-order valence-corrected chi connectivity index (χ1v) is 9.07. The largest absolute Gasteiger partial charge is 0.497 e. The van der Waals surface area contributed by atoms with Gasteiger partial charge in [0.1, 0.15) is 23.9 Å². The van der Waals surface area contributed by atoms with Crippen LogP contribution in [0.5, 0.6) is 11.5 Å². The van der Waals surface area contributed by atoms with Crippen LogP contribution in [0.2, 0.25) is 0 Å². The van der Waals surface area contributed by atoms with Crippen molar-refractivity contribution >= 4 is 5.91 Å². The second-order valence-electron chi connectivity index (χ2n) is 6.59. The Hall–Kier alpha value is -3.28. The first-order chi connectivity index (χ1) is 13.5. The topological polar surface area (TPSA) is 73.6 Å². The zero-order chi connectivity index (χ0) is 20.1. The summed E-state index contributed by atoms with van der Waals surface area (Å²) in [5.41, 5.74) is 3.26. The fourth-order valence-corrected chi connectivity index (χ4v) is 2.85. The minimum atomic E-state index is -0.161. The van der Waals surface area contributed by atoms with Crippen LogP contribution in [0.1, 0.15) is 45.9 Å². The highest BCUT2D eigenvalue weighted by molar-refractivity contribution is 5.94. The van der Waals surface area contributed by atoms with Gasteiger partial charge in [-0.2, -0.15) is 0 Å². The molecule has 0 saturated carbocycles. The van der Waals surface area contributed by atoms with Gasteiger partial charge in [0.25, 0.3) is 5.91 Å². The molecule has 0 radical (unpaired) electrons. The third-order valence-electron chi connectivity index (χ3n) is 4.62. The van der Waals surface area contributed by atoms with Gasteiger partial charge in [-0.3, -0.25) is 4.79 Å². The molecule has 0 aliphatic heterocycles. The van der Waals surface area contributed by atoms with Crippen molar-refractivity contribution in [3.05, 3.63) is 76.7 Å². The highest BCUT2D eigenvalue weighted by Gasteiger charge is 2.13. The lowest BCUT2D eigenvalue weighted by Gasteiger charge is -2.15. The standard InChI is InChI=1S/C22H24N2O4/c1-14(17-8-10-19(26-4)11-9-17)23-22(25)18-6-5-7-20(12-18)27-13-21-15(2)24-28-16(21)3/h5-12,14H,13H2,1-4H3,(H,23,25)/t14-/m1/s1. The summed E-state index contributed by atoms with van der Waals surface area (Å²) < 4.78 is 16.1. The Bertz CT molecular complexity index is 928. The Balaban J connectivity index is 1.64. The van der Waals surface area contributed by atoms with Crippen molar-refractivity contribution in [1.29, 1.82) is 0 Å². The molecule has 0 bridgehead atoms. The number of rotatable bonds is 7. The molecule has 1 heterocycles. The summed E-state index contributed by atoms with van der Waals surface area (Å²) in [5.74, 6) is 1.97. The molecule has 28 heavy (non-hydrogen) atoms. The maximum atomic E-state index is 12.6. The van der Waals surface area contributed by atoms with Gasteiger partial charge in [-0.05, 0) is 56.7 Å². The highest BCUT2D eigenvalue weighted by atomic mass is 16.5. The highest BCUT2D eigenvalue weighted by Crippen LogP contribution is 2.20. The average Bonchev–Trinajstić information content (AvgIpc) is 3.04. The van der Waals surface area contributed by atoms with Crippen LogP contribution in [-0.4, -0.2) is 18.2 Å². The van der Waals surface area contributed by atoms with E-state index in [4.69, 9.17) is 14.0 Å². The lowest BCUT2D eigenvalue weighted by molar-refractivity contribution is 0.0939. The summed E-state index contributed by atoms with van der Waals surface area (Å²) in [6, 6.07) is 14.6. The molecule has 0 saturated heterocycles. The van der Waals surface area contributed by atoms with E-state index in [1.54, 1.807) is 25.3 Å². The van der Waals surface area contributed by atoms with Gasteiger partial charge in [0, 0.05) is 5.56 Å². The first-order valence-electron chi connectivity index (χ1n) is 9.07. The van der Waals surface area contributed by atoms with E-state index in [1.807, 2.05) is 51.1 Å². The summed E-state index contributed by atoms with van der Waals surface area (Å²) >= 11 is 0. The van der Waals surface area contributed by atoms with Gasteiger partial charge in [0.05, 0.1) is 24.4 Å². The van der Waals surface area contributed by atoms with E-state index >= 15 is 0 Å². The second-order valence-corrected chi connectivity index (χ2v) is 6.59. The fourth-order valence-electron chi connectivity index (χ4n) is 2.85. The van der Waals surface area contributed by atoms with Crippen molar-refractivity contribution < 1.29 is 18.8 Å². The van der Waals surface area contributed by atoms with Crippen LogP contribution in [0.25, 0.3) is 0 Å². The monoisotopic (exact) mass is 380 g/mol. The third kappa shape index (κ3) is 4.52. The van der Waals surface area contributed by atoms with Gasteiger partial charge in [-0.15, -0.1) is 0 Å². The van der Waals surface area contributed by atoms with Crippen LogP contribution in [0.4, 0.5) is 0 Å². The second kappa shape index (κ2) is 8.61. The number of nitrogens with zero attached hydrogens (tertiary/aromatic N) is 1. The molecule has 0 aliphatic carbocycles. The van der Waals surface area contributed by atoms with Crippen LogP contribution in [0, 0.1) is 13.8 Å². The molecule has 3 rings (SSSR count). The number of ether oxygens (including phenoxy) is 2. The van der Waals surface area contributed by atoms with Crippen LogP contribution >= 0.6 is 0 Å². The van der Waals surface area contributed by atoms with Crippen molar-refractivity contribution in [3.63, 3.8) is 0 Å². The molecule has 0 spiro atoms. The van der Waals surface area contributed by atoms with E-state index in [0.29, 0.717) is 17.9 Å². The molecule has 6 nitrogen and oxygen atoms in total. The number of aromatic nitrogens is 1. The van der Waals surface area contributed by atoms with E-state index in [2.05, 4.69) is 10.5 Å². The van der Waals surface area contributed by atoms with Crippen molar-refractivity contribution in [3.8, 4) is 11.5 Å². The number of hydrogen-bond donors (Lipinski definition) is 1. The molecular weight excluding hydrogens is 356 g/mol. The molecule has 6 heteroatoms. The molecule has 1 N–H and O–H groups in total. The van der Waals surface area contributed by atoms with Crippen molar-refractivity contribution in [2.45, 2.75) is 33.4 Å². The zero-order valence-corrected chi connectivity index (χ0v) is 16.5. The maximum Gasteiger partial charge on any atom is 0.251 e. The van der Waals surface area contributed by atoms with E-state index in [0.717, 1.165) is 28.3 Å². The Morgan fingerprint density at radius 1 is 1.14 bits per heavy atom. The fraction of sp³-hybridized carbons (Fsp3) is 0.273. The molecule has 1 amide bonds. The summed E-state index contributed by atoms with van der Waals surface area (Å²) in [7, 11) is 1.63. The molecule has 3 aromatic rings. The number of methoxy groups -OCH3 is 1. The molecule has 2 aromatic carbocycles. The summed E-state index contributed by atoms with van der Waals surface area (Å²) in [6.07, 6.45) is 0. The van der Waals surface area contributed by atoms with E-state index in [9.17, 15) is 4.79 Å². The number of aryl methyl sites for hydroxylation is 2. The van der Waals surface area contributed by atoms with Gasteiger partial charge in [-0.1, -0.05) is 23.4 Å². The maximum absolute atomic E-state index is 12.6. The summed E-state index contributed by atoms with van der Waals surface area (Å²) in [6.45, 7) is 6.01. The SMILES string of the molecule is COc1ccc([C@@H](C)NC(=O)c2cccc(OCc3c(C)noc3C)c2)cc1. The molecule has 1 atom stereocenters. The minimum Gasteiger partial charge on any atom is -0.497 e. The summed E-state index contributed by atoms with van der Waals surface area (Å²) in [4.78, 5) is 12.6.